The number of piperidine rings is 1. The van der Waals surface area contributed by atoms with Gasteiger partial charge in [0.2, 0.25) is 5.91 Å². The van der Waals surface area contributed by atoms with Crippen LogP contribution in [0.3, 0.4) is 0 Å². The number of carbonyl (C=O) groups is 1. The number of hydrogen-bond acceptors (Lipinski definition) is 5. The number of ether oxygens (including phenoxy) is 3. The van der Waals surface area contributed by atoms with Crippen LogP contribution in [-0.2, 0) is 19.0 Å². The third-order valence-electron chi connectivity index (χ3n) is 4.08. The molecule has 6 nitrogen and oxygen atoms in total. The van der Waals surface area contributed by atoms with Crippen molar-refractivity contribution in [2.24, 2.45) is 0 Å². The summed E-state index contributed by atoms with van der Waals surface area (Å²) in [6.45, 7) is 4.26. The minimum Gasteiger partial charge on any atom is -0.378 e. The predicted molar refractivity (Wildman–Crippen MR) is 74.6 cm³/mol. The van der Waals surface area contributed by atoms with Gasteiger partial charge in [-0.3, -0.25) is 4.79 Å². The molecule has 1 atom stereocenters. The van der Waals surface area contributed by atoms with Gasteiger partial charge in [-0.25, -0.2) is 0 Å². The summed E-state index contributed by atoms with van der Waals surface area (Å²) in [7, 11) is 1.67. The summed E-state index contributed by atoms with van der Waals surface area (Å²) in [6, 6.07) is 0. The van der Waals surface area contributed by atoms with Gasteiger partial charge in [-0.05, 0) is 25.9 Å². The van der Waals surface area contributed by atoms with Crippen molar-refractivity contribution in [3.8, 4) is 0 Å². The Labute approximate surface area is 120 Å². The van der Waals surface area contributed by atoms with E-state index in [2.05, 4.69) is 10.6 Å². The summed E-state index contributed by atoms with van der Waals surface area (Å²) in [5.41, 5.74) is -0.342. The van der Waals surface area contributed by atoms with Crippen molar-refractivity contribution in [1.82, 2.24) is 10.6 Å². The number of amides is 1. The van der Waals surface area contributed by atoms with Gasteiger partial charge in [0, 0.05) is 33.1 Å². The van der Waals surface area contributed by atoms with Crippen molar-refractivity contribution in [3.63, 3.8) is 0 Å². The summed E-state index contributed by atoms with van der Waals surface area (Å²) >= 11 is 0. The zero-order chi connectivity index (χ0) is 14.3. The van der Waals surface area contributed by atoms with Gasteiger partial charge in [-0.1, -0.05) is 0 Å². The molecule has 1 amide bonds. The van der Waals surface area contributed by atoms with E-state index in [4.69, 9.17) is 14.2 Å². The predicted octanol–water partition coefficient (Wildman–Crippen LogP) is 0.0668. The van der Waals surface area contributed by atoms with Crippen LogP contribution in [0, 0.1) is 0 Å². The van der Waals surface area contributed by atoms with E-state index in [1.807, 2.05) is 0 Å². The highest BCUT2D eigenvalue weighted by molar-refractivity contribution is 5.76. The molecule has 2 fully saturated rings. The Hall–Kier alpha value is -0.690. The first-order valence-electron chi connectivity index (χ1n) is 7.46. The fourth-order valence-corrected chi connectivity index (χ4v) is 2.59. The zero-order valence-electron chi connectivity index (χ0n) is 12.3. The van der Waals surface area contributed by atoms with Crippen LogP contribution >= 0.6 is 0 Å². The molecular weight excluding hydrogens is 260 g/mol. The molecule has 6 heteroatoms. The van der Waals surface area contributed by atoms with Crippen molar-refractivity contribution < 1.29 is 19.0 Å². The molecule has 2 aliphatic heterocycles. The van der Waals surface area contributed by atoms with E-state index in [1.54, 1.807) is 7.11 Å². The van der Waals surface area contributed by atoms with Gasteiger partial charge in [0.05, 0.1) is 19.3 Å². The lowest BCUT2D eigenvalue weighted by atomic mass is 10.0. The first-order chi connectivity index (χ1) is 9.74. The van der Waals surface area contributed by atoms with Crippen LogP contribution in [0.15, 0.2) is 0 Å². The van der Waals surface area contributed by atoms with Crippen molar-refractivity contribution in [1.29, 1.82) is 0 Å². The Kier molecular flexibility index (Phi) is 6.22. The Balaban J connectivity index is 1.58. The fraction of sp³-hybridized carbons (Fsp3) is 0.929. The molecule has 2 heterocycles. The molecule has 2 rings (SSSR count). The molecule has 0 radical (unpaired) electrons. The highest BCUT2D eigenvalue weighted by Crippen LogP contribution is 2.21. The van der Waals surface area contributed by atoms with E-state index in [9.17, 15) is 4.79 Å². The Bertz CT molecular complexity index is 300. The number of methoxy groups -OCH3 is 1. The molecule has 2 saturated heterocycles. The van der Waals surface area contributed by atoms with E-state index in [1.165, 1.54) is 0 Å². The smallest absolute Gasteiger partial charge is 0.222 e. The van der Waals surface area contributed by atoms with E-state index in [0.29, 0.717) is 38.9 Å². The van der Waals surface area contributed by atoms with Crippen LogP contribution in [0.25, 0.3) is 0 Å². The van der Waals surface area contributed by atoms with Crippen molar-refractivity contribution in [2.45, 2.75) is 37.4 Å². The van der Waals surface area contributed by atoms with Gasteiger partial charge in [0.1, 0.15) is 5.60 Å². The van der Waals surface area contributed by atoms with E-state index < -0.39 is 0 Å². The average Bonchev–Trinajstić information content (AvgIpc) is 2.96. The molecule has 0 aliphatic carbocycles. The topological polar surface area (TPSA) is 68.8 Å². The molecule has 2 aliphatic rings. The van der Waals surface area contributed by atoms with Gasteiger partial charge < -0.3 is 24.8 Å². The number of hydrogen-bond donors (Lipinski definition) is 2. The van der Waals surface area contributed by atoms with E-state index in [0.717, 1.165) is 32.4 Å². The SMILES string of the molecule is COC1(CNC(=O)CCOC2CCNCC2)CCOC1. The summed E-state index contributed by atoms with van der Waals surface area (Å²) in [4.78, 5) is 11.8. The molecule has 2 N–H and O–H groups in total. The lowest BCUT2D eigenvalue weighted by Gasteiger charge is -2.26. The maximum atomic E-state index is 11.8. The molecule has 116 valence electrons. The maximum Gasteiger partial charge on any atom is 0.222 e. The molecule has 1 unspecified atom stereocenters. The van der Waals surface area contributed by atoms with Gasteiger partial charge in [-0.15, -0.1) is 0 Å². The van der Waals surface area contributed by atoms with Crippen LogP contribution in [0.2, 0.25) is 0 Å². The number of carbonyl (C=O) groups excluding carboxylic acids is 1. The summed E-state index contributed by atoms with van der Waals surface area (Å²) in [5, 5.41) is 6.21. The second-order valence-corrected chi connectivity index (χ2v) is 5.54. The first-order valence-corrected chi connectivity index (χ1v) is 7.46. The van der Waals surface area contributed by atoms with Gasteiger partial charge in [-0.2, -0.15) is 0 Å². The normalized spacial score (nSPS) is 27.6. The molecule has 0 spiro atoms. The molecular formula is C14H26N2O4. The van der Waals surface area contributed by atoms with Crippen LogP contribution in [0.5, 0.6) is 0 Å². The van der Waals surface area contributed by atoms with Gasteiger partial charge in [0.25, 0.3) is 0 Å². The highest BCUT2D eigenvalue weighted by Gasteiger charge is 2.35. The second kappa shape index (κ2) is 7.93. The lowest BCUT2D eigenvalue weighted by molar-refractivity contribution is -0.124. The average molecular weight is 286 g/mol. The van der Waals surface area contributed by atoms with Gasteiger partial charge in [0.15, 0.2) is 0 Å². The van der Waals surface area contributed by atoms with Crippen molar-refractivity contribution >= 4 is 5.91 Å². The summed E-state index contributed by atoms with van der Waals surface area (Å²) < 4.78 is 16.5. The van der Waals surface area contributed by atoms with Crippen LogP contribution in [0.1, 0.15) is 25.7 Å². The summed E-state index contributed by atoms with van der Waals surface area (Å²) in [6.07, 6.45) is 3.61. The first kappa shape index (κ1) is 15.7. The van der Waals surface area contributed by atoms with Crippen LogP contribution < -0.4 is 10.6 Å². The van der Waals surface area contributed by atoms with E-state index in [-0.39, 0.29) is 11.5 Å². The largest absolute Gasteiger partial charge is 0.378 e. The molecule has 0 aromatic carbocycles. The molecule has 0 bridgehead atoms. The molecule has 0 aromatic heterocycles. The van der Waals surface area contributed by atoms with Crippen LogP contribution in [0.4, 0.5) is 0 Å². The highest BCUT2D eigenvalue weighted by atomic mass is 16.5. The fourth-order valence-electron chi connectivity index (χ4n) is 2.59. The number of nitrogens with one attached hydrogen (secondary N) is 2. The standard InChI is InChI=1S/C14H26N2O4/c1-18-14(5-9-19-11-14)10-16-13(17)4-8-20-12-2-6-15-7-3-12/h12,15H,2-11H2,1H3,(H,16,17). The second-order valence-electron chi connectivity index (χ2n) is 5.54. The third-order valence-corrected chi connectivity index (χ3v) is 4.08. The van der Waals surface area contributed by atoms with Crippen molar-refractivity contribution in [3.05, 3.63) is 0 Å². The number of rotatable bonds is 7. The molecule has 0 aromatic rings. The Morgan fingerprint density at radius 3 is 2.90 bits per heavy atom. The molecule has 0 saturated carbocycles. The molecule has 20 heavy (non-hydrogen) atoms. The summed E-state index contributed by atoms with van der Waals surface area (Å²) in [5.74, 6) is 0.0160. The Morgan fingerprint density at radius 2 is 2.25 bits per heavy atom. The monoisotopic (exact) mass is 286 g/mol. The lowest BCUT2D eigenvalue weighted by Crippen LogP contribution is -2.45. The van der Waals surface area contributed by atoms with Gasteiger partial charge >= 0.3 is 0 Å². The van der Waals surface area contributed by atoms with E-state index >= 15 is 0 Å². The quantitative estimate of drug-likeness (QED) is 0.693. The zero-order valence-corrected chi connectivity index (χ0v) is 12.3. The Morgan fingerprint density at radius 1 is 1.45 bits per heavy atom. The minimum atomic E-state index is -0.342. The van der Waals surface area contributed by atoms with Crippen LogP contribution in [-0.4, -0.2) is 64.2 Å². The van der Waals surface area contributed by atoms with Crippen molar-refractivity contribution in [2.75, 3.05) is 46.6 Å². The minimum absolute atomic E-state index is 0.0160. The maximum absolute atomic E-state index is 11.8. The third kappa shape index (κ3) is 4.70.